The van der Waals surface area contributed by atoms with Gasteiger partial charge < -0.3 is 5.11 Å². The molecule has 0 fully saturated rings. The Morgan fingerprint density at radius 3 is 2.78 bits per heavy atom. The van der Waals surface area contributed by atoms with E-state index in [0.29, 0.717) is 15.9 Å². The Balaban J connectivity index is 1.91. The molecule has 0 bridgehead atoms. The summed E-state index contributed by atoms with van der Waals surface area (Å²) in [7, 11) is 0. The summed E-state index contributed by atoms with van der Waals surface area (Å²) in [5.74, 6) is 0. The maximum Gasteiger partial charge on any atom is 0.203 e. The Hall–Kier alpha value is -1.99. The number of aliphatic hydroxyl groups excluding tert-OH is 1. The van der Waals surface area contributed by atoms with E-state index in [4.69, 9.17) is 5.11 Å². The van der Waals surface area contributed by atoms with Gasteiger partial charge in [0.2, 0.25) is 5.16 Å². The molecule has 0 aliphatic heterocycles. The van der Waals surface area contributed by atoms with Crippen LogP contribution in [0.1, 0.15) is 5.56 Å². The maximum atomic E-state index is 8.91. The van der Waals surface area contributed by atoms with Crippen LogP contribution in [-0.4, -0.2) is 29.7 Å². The van der Waals surface area contributed by atoms with E-state index in [1.54, 1.807) is 12.4 Å². The highest BCUT2D eigenvalue weighted by Gasteiger charge is 2.08. The number of aromatic nitrogens is 5. The van der Waals surface area contributed by atoms with Crippen molar-refractivity contribution in [3.63, 3.8) is 0 Å². The summed E-state index contributed by atoms with van der Waals surface area (Å²) in [4.78, 5) is 8.28. The molecule has 1 N–H and O–H groups in total. The molecule has 3 heterocycles. The van der Waals surface area contributed by atoms with Crippen molar-refractivity contribution in [2.45, 2.75) is 16.9 Å². The topological polar surface area (TPSA) is 76.2 Å². The minimum absolute atomic E-state index is 0.0567. The highest BCUT2D eigenvalue weighted by atomic mass is 32.2. The van der Waals surface area contributed by atoms with E-state index in [-0.39, 0.29) is 6.61 Å². The largest absolute Gasteiger partial charge is 0.392 e. The quantitative estimate of drug-likeness (QED) is 0.711. The SMILES string of the molecule is OCc1cnc(Sc2nnc3ccccn23)nc1. The Bertz CT molecular complexity index is 667. The zero-order valence-electron chi connectivity index (χ0n) is 9.26. The van der Waals surface area contributed by atoms with Crippen LogP contribution in [0.15, 0.2) is 47.1 Å². The Morgan fingerprint density at radius 1 is 1.17 bits per heavy atom. The zero-order chi connectivity index (χ0) is 12.4. The Labute approximate surface area is 107 Å². The molecular weight excluding hydrogens is 250 g/mol. The monoisotopic (exact) mass is 259 g/mol. The zero-order valence-corrected chi connectivity index (χ0v) is 10.1. The Morgan fingerprint density at radius 2 is 2.00 bits per heavy atom. The fourth-order valence-corrected chi connectivity index (χ4v) is 2.16. The second kappa shape index (κ2) is 4.71. The minimum Gasteiger partial charge on any atom is -0.392 e. The first kappa shape index (κ1) is 11.1. The Kier molecular flexibility index (Phi) is 2.91. The van der Waals surface area contributed by atoms with Crippen molar-refractivity contribution in [2.75, 3.05) is 0 Å². The van der Waals surface area contributed by atoms with Crippen LogP contribution in [0.2, 0.25) is 0 Å². The van der Waals surface area contributed by atoms with E-state index >= 15 is 0 Å². The van der Waals surface area contributed by atoms with Crippen LogP contribution >= 0.6 is 11.8 Å². The normalized spacial score (nSPS) is 10.9. The molecule has 0 aliphatic carbocycles. The highest BCUT2D eigenvalue weighted by molar-refractivity contribution is 7.99. The van der Waals surface area contributed by atoms with E-state index in [1.807, 2.05) is 28.8 Å². The maximum absolute atomic E-state index is 8.91. The molecule has 6 nitrogen and oxygen atoms in total. The van der Waals surface area contributed by atoms with Gasteiger partial charge in [-0.1, -0.05) is 6.07 Å². The first-order valence-electron chi connectivity index (χ1n) is 5.26. The molecule has 3 aromatic rings. The fourth-order valence-electron chi connectivity index (χ4n) is 1.45. The van der Waals surface area contributed by atoms with E-state index in [9.17, 15) is 0 Å². The predicted molar refractivity (Wildman–Crippen MR) is 65.1 cm³/mol. The van der Waals surface area contributed by atoms with Crippen LogP contribution in [0.3, 0.4) is 0 Å². The first-order chi connectivity index (χ1) is 8.86. The number of hydrogen-bond donors (Lipinski definition) is 1. The van der Waals surface area contributed by atoms with Gasteiger partial charge in [-0.05, 0) is 23.9 Å². The molecule has 0 saturated carbocycles. The van der Waals surface area contributed by atoms with Crippen molar-refractivity contribution in [2.24, 2.45) is 0 Å². The summed E-state index contributed by atoms with van der Waals surface area (Å²) in [5.41, 5.74) is 1.47. The van der Waals surface area contributed by atoms with E-state index in [2.05, 4.69) is 20.2 Å². The van der Waals surface area contributed by atoms with Gasteiger partial charge in [0.05, 0.1) is 6.61 Å². The van der Waals surface area contributed by atoms with E-state index in [1.165, 1.54) is 11.8 Å². The average Bonchev–Trinajstić information content (AvgIpc) is 2.83. The molecular formula is C11H9N5OS. The van der Waals surface area contributed by atoms with Crippen LogP contribution in [0.4, 0.5) is 0 Å². The second-order valence-electron chi connectivity index (χ2n) is 3.55. The average molecular weight is 259 g/mol. The molecule has 7 heteroatoms. The standard InChI is InChI=1S/C11H9N5OS/c17-7-8-5-12-10(13-6-8)18-11-15-14-9-3-1-2-4-16(9)11/h1-6,17H,7H2. The van der Waals surface area contributed by atoms with Crippen molar-refractivity contribution in [1.82, 2.24) is 24.6 Å². The van der Waals surface area contributed by atoms with Crippen LogP contribution in [0.25, 0.3) is 5.65 Å². The minimum atomic E-state index is -0.0567. The fraction of sp³-hybridized carbons (Fsp3) is 0.0909. The number of hydrogen-bond acceptors (Lipinski definition) is 6. The first-order valence-corrected chi connectivity index (χ1v) is 6.08. The lowest BCUT2D eigenvalue weighted by Gasteiger charge is -1.99. The third-order valence-electron chi connectivity index (χ3n) is 2.33. The van der Waals surface area contributed by atoms with E-state index in [0.717, 1.165) is 5.65 Å². The number of aliphatic hydroxyl groups is 1. The highest BCUT2D eigenvalue weighted by Crippen LogP contribution is 2.22. The van der Waals surface area contributed by atoms with Gasteiger partial charge in [0.15, 0.2) is 10.8 Å². The van der Waals surface area contributed by atoms with Gasteiger partial charge in [-0.3, -0.25) is 4.40 Å². The summed E-state index contributed by atoms with van der Waals surface area (Å²) in [6.07, 6.45) is 5.08. The van der Waals surface area contributed by atoms with Crippen molar-refractivity contribution in [3.8, 4) is 0 Å². The molecule has 0 spiro atoms. The molecule has 18 heavy (non-hydrogen) atoms. The van der Waals surface area contributed by atoms with Gasteiger partial charge >= 0.3 is 0 Å². The summed E-state index contributed by atoms with van der Waals surface area (Å²) in [6, 6.07) is 5.70. The van der Waals surface area contributed by atoms with E-state index < -0.39 is 0 Å². The second-order valence-corrected chi connectivity index (χ2v) is 4.48. The molecule has 3 aromatic heterocycles. The number of rotatable bonds is 3. The lowest BCUT2D eigenvalue weighted by molar-refractivity contribution is 0.280. The molecule has 0 radical (unpaired) electrons. The summed E-state index contributed by atoms with van der Waals surface area (Å²) in [6.45, 7) is -0.0567. The van der Waals surface area contributed by atoms with Gasteiger partial charge in [-0.25, -0.2) is 9.97 Å². The van der Waals surface area contributed by atoms with Crippen LogP contribution in [0.5, 0.6) is 0 Å². The molecule has 0 unspecified atom stereocenters. The molecule has 0 aromatic carbocycles. The molecule has 0 amide bonds. The molecule has 3 rings (SSSR count). The van der Waals surface area contributed by atoms with Crippen molar-refractivity contribution in [1.29, 1.82) is 0 Å². The molecule has 0 saturated heterocycles. The van der Waals surface area contributed by atoms with Gasteiger partial charge in [0.25, 0.3) is 0 Å². The lowest BCUT2D eigenvalue weighted by atomic mass is 10.4. The number of fused-ring (bicyclic) bond motifs is 1. The predicted octanol–water partition coefficient (Wildman–Crippen LogP) is 1.16. The third-order valence-corrected chi connectivity index (χ3v) is 3.18. The van der Waals surface area contributed by atoms with Gasteiger partial charge in [-0.15, -0.1) is 10.2 Å². The summed E-state index contributed by atoms with van der Waals surface area (Å²) >= 11 is 1.33. The summed E-state index contributed by atoms with van der Waals surface area (Å²) in [5, 5.41) is 18.3. The van der Waals surface area contributed by atoms with Gasteiger partial charge in [0.1, 0.15) is 0 Å². The van der Waals surface area contributed by atoms with Crippen molar-refractivity contribution < 1.29 is 5.11 Å². The lowest BCUT2D eigenvalue weighted by Crippen LogP contribution is -1.92. The van der Waals surface area contributed by atoms with Crippen LogP contribution in [0, 0.1) is 0 Å². The molecule has 0 atom stereocenters. The van der Waals surface area contributed by atoms with Crippen molar-refractivity contribution >= 4 is 17.4 Å². The number of pyridine rings is 1. The van der Waals surface area contributed by atoms with Gasteiger partial charge in [0, 0.05) is 24.2 Å². The smallest absolute Gasteiger partial charge is 0.203 e. The van der Waals surface area contributed by atoms with Crippen LogP contribution < -0.4 is 0 Å². The molecule has 90 valence electrons. The number of nitrogens with zero attached hydrogens (tertiary/aromatic N) is 5. The van der Waals surface area contributed by atoms with Crippen molar-refractivity contribution in [3.05, 3.63) is 42.4 Å². The third kappa shape index (κ3) is 2.05. The van der Waals surface area contributed by atoms with Crippen LogP contribution in [-0.2, 0) is 6.61 Å². The van der Waals surface area contributed by atoms with Gasteiger partial charge in [-0.2, -0.15) is 0 Å². The molecule has 0 aliphatic rings. The summed E-state index contributed by atoms with van der Waals surface area (Å²) < 4.78 is 1.87.